The number of fused-ring (bicyclic) bond motifs is 2. The average molecular weight is 410 g/mol. The average Bonchev–Trinajstić information content (AvgIpc) is 2.73. The van der Waals surface area contributed by atoms with Crippen LogP contribution in [0.3, 0.4) is 0 Å². The van der Waals surface area contributed by atoms with E-state index in [2.05, 4.69) is 33.8 Å². The molecule has 1 heterocycles. The fourth-order valence-corrected chi connectivity index (χ4v) is 4.66. The molecular formula is C25H31NO2S. The Kier molecular flexibility index (Phi) is 7.07. The van der Waals surface area contributed by atoms with Crippen molar-refractivity contribution in [3.63, 3.8) is 0 Å². The maximum absolute atomic E-state index is 13.1. The number of hydrogen-bond donors (Lipinski definition) is 0. The van der Waals surface area contributed by atoms with Gasteiger partial charge in [0, 0.05) is 38.8 Å². The molecule has 4 heteroatoms. The van der Waals surface area contributed by atoms with E-state index in [1.807, 2.05) is 29.2 Å². The second kappa shape index (κ2) is 9.53. The molecule has 0 fully saturated rings. The second-order valence-electron chi connectivity index (χ2n) is 8.05. The maximum atomic E-state index is 13.1. The van der Waals surface area contributed by atoms with Gasteiger partial charge in [0.25, 0.3) is 5.91 Å². The molecule has 154 valence electrons. The van der Waals surface area contributed by atoms with Crippen LogP contribution in [0.15, 0.2) is 41.2 Å². The van der Waals surface area contributed by atoms with E-state index in [1.54, 1.807) is 17.4 Å². The summed E-state index contributed by atoms with van der Waals surface area (Å²) in [6, 6.07) is 11.7. The molecule has 0 aliphatic heterocycles. The lowest BCUT2D eigenvalue weighted by atomic mass is 10.0. The Bertz CT molecular complexity index is 1060. The number of hydrogen-bond acceptors (Lipinski definition) is 3. The first-order valence-electron chi connectivity index (χ1n) is 10.8. The summed E-state index contributed by atoms with van der Waals surface area (Å²) in [7, 11) is 0. The van der Waals surface area contributed by atoms with Crippen LogP contribution in [-0.4, -0.2) is 23.9 Å². The normalized spacial score (nSPS) is 11.5. The number of carbonyl (C=O) groups is 1. The first-order chi connectivity index (χ1) is 14.0. The molecule has 2 aromatic carbocycles. The first kappa shape index (κ1) is 21.5. The van der Waals surface area contributed by atoms with Gasteiger partial charge in [-0.2, -0.15) is 0 Å². The van der Waals surface area contributed by atoms with Crippen LogP contribution in [0.1, 0.15) is 75.2 Å². The third-order valence-corrected chi connectivity index (χ3v) is 6.59. The Morgan fingerprint density at radius 3 is 2.24 bits per heavy atom. The lowest BCUT2D eigenvalue weighted by Crippen LogP contribution is -2.33. The predicted octanol–water partition coefficient (Wildman–Crippen LogP) is 6.58. The molecule has 0 aliphatic carbocycles. The Hall–Kier alpha value is -2.20. The summed E-state index contributed by atoms with van der Waals surface area (Å²) in [5.74, 6) is 0.461. The highest BCUT2D eigenvalue weighted by molar-refractivity contribution is 7.24. The van der Waals surface area contributed by atoms with Crippen molar-refractivity contribution in [2.45, 2.75) is 59.3 Å². The summed E-state index contributed by atoms with van der Waals surface area (Å²) in [6.07, 6.45) is 4.12. The van der Waals surface area contributed by atoms with E-state index >= 15 is 0 Å². The SMILES string of the molecule is CCCCN(CCCC)C(=O)c1ccc2sc3cc(C(C)C)ccc3c(=O)c2c1. The van der Waals surface area contributed by atoms with Gasteiger partial charge in [-0.15, -0.1) is 11.3 Å². The van der Waals surface area contributed by atoms with Gasteiger partial charge in [-0.25, -0.2) is 0 Å². The van der Waals surface area contributed by atoms with Gasteiger partial charge < -0.3 is 4.90 Å². The molecule has 0 radical (unpaired) electrons. The molecule has 0 aliphatic rings. The highest BCUT2D eigenvalue weighted by atomic mass is 32.1. The van der Waals surface area contributed by atoms with E-state index < -0.39 is 0 Å². The van der Waals surface area contributed by atoms with Crippen molar-refractivity contribution in [1.29, 1.82) is 0 Å². The monoisotopic (exact) mass is 409 g/mol. The molecule has 1 amide bonds. The minimum atomic E-state index is 0.0207. The summed E-state index contributed by atoms with van der Waals surface area (Å²) >= 11 is 1.63. The van der Waals surface area contributed by atoms with E-state index in [9.17, 15) is 9.59 Å². The number of unbranched alkanes of at least 4 members (excludes halogenated alkanes) is 2. The van der Waals surface area contributed by atoms with E-state index in [0.29, 0.717) is 16.9 Å². The van der Waals surface area contributed by atoms with E-state index in [1.165, 1.54) is 5.56 Å². The molecule has 0 N–H and O–H groups in total. The summed E-state index contributed by atoms with van der Waals surface area (Å²) in [5, 5.41) is 1.39. The zero-order valence-electron chi connectivity index (χ0n) is 18.0. The van der Waals surface area contributed by atoms with Crippen molar-refractivity contribution in [3.8, 4) is 0 Å². The van der Waals surface area contributed by atoms with Crippen LogP contribution in [0.2, 0.25) is 0 Å². The van der Waals surface area contributed by atoms with Gasteiger partial charge in [-0.1, -0.05) is 46.6 Å². The molecule has 0 bridgehead atoms. The molecule has 0 saturated heterocycles. The van der Waals surface area contributed by atoms with Gasteiger partial charge in [0.05, 0.1) is 0 Å². The highest BCUT2D eigenvalue weighted by Crippen LogP contribution is 2.28. The van der Waals surface area contributed by atoms with Crippen LogP contribution < -0.4 is 5.43 Å². The van der Waals surface area contributed by atoms with E-state index in [0.717, 1.165) is 53.6 Å². The molecule has 1 aromatic heterocycles. The second-order valence-corrected chi connectivity index (χ2v) is 9.14. The fraction of sp³-hybridized carbons (Fsp3) is 0.440. The van der Waals surface area contributed by atoms with Gasteiger partial charge in [0.15, 0.2) is 5.43 Å². The largest absolute Gasteiger partial charge is 0.339 e. The first-order valence-corrected chi connectivity index (χ1v) is 11.6. The summed E-state index contributed by atoms with van der Waals surface area (Å²) in [6.45, 7) is 10.1. The molecule has 0 atom stereocenters. The predicted molar refractivity (Wildman–Crippen MR) is 125 cm³/mol. The van der Waals surface area contributed by atoms with Crippen molar-refractivity contribution in [3.05, 3.63) is 57.7 Å². The number of rotatable bonds is 8. The van der Waals surface area contributed by atoms with Gasteiger partial charge in [0.2, 0.25) is 0 Å². The van der Waals surface area contributed by atoms with Crippen molar-refractivity contribution in [2.24, 2.45) is 0 Å². The lowest BCUT2D eigenvalue weighted by molar-refractivity contribution is 0.0751. The highest BCUT2D eigenvalue weighted by Gasteiger charge is 2.17. The molecule has 3 rings (SSSR count). The topological polar surface area (TPSA) is 37.4 Å². The quantitative estimate of drug-likeness (QED) is 0.394. The minimum absolute atomic E-state index is 0.0207. The standard InChI is InChI=1S/C25H31NO2S/c1-5-7-13-26(14-8-6-2)25(28)19-10-12-22-21(15-19)24(27)20-11-9-18(17(3)4)16-23(20)29-22/h9-12,15-17H,5-8,13-14H2,1-4H3. The molecular weight excluding hydrogens is 378 g/mol. The summed E-state index contributed by atoms with van der Waals surface area (Å²) < 4.78 is 1.95. The van der Waals surface area contributed by atoms with Crippen molar-refractivity contribution in [1.82, 2.24) is 4.90 Å². The number of nitrogens with zero attached hydrogens (tertiary/aromatic N) is 1. The maximum Gasteiger partial charge on any atom is 0.253 e. The third kappa shape index (κ3) is 4.69. The van der Waals surface area contributed by atoms with Gasteiger partial charge in [-0.05, 0) is 54.7 Å². The summed E-state index contributed by atoms with van der Waals surface area (Å²) in [4.78, 5) is 28.2. The van der Waals surface area contributed by atoms with Crippen molar-refractivity contribution in [2.75, 3.05) is 13.1 Å². The van der Waals surface area contributed by atoms with Crippen LogP contribution in [0.25, 0.3) is 20.2 Å². The van der Waals surface area contributed by atoms with Crippen molar-refractivity contribution >= 4 is 37.4 Å². The van der Waals surface area contributed by atoms with E-state index in [4.69, 9.17) is 0 Å². The van der Waals surface area contributed by atoms with Crippen LogP contribution >= 0.6 is 11.3 Å². The molecule has 0 spiro atoms. The number of carbonyl (C=O) groups excluding carboxylic acids is 1. The Morgan fingerprint density at radius 2 is 1.62 bits per heavy atom. The van der Waals surface area contributed by atoms with Gasteiger partial charge in [-0.3, -0.25) is 9.59 Å². The zero-order valence-corrected chi connectivity index (χ0v) is 18.8. The van der Waals surface area contributed by atoms with Crippen LogP contribution in [0, 0.1) is 0 Å². The van der Waals surface area contributed by atoms with Crippen LogP contribution in [0.5, 0.6) is 0 Å². The van der Waals surface area contributed by atoms with Crippen LogP contribution in [-0.2, 0) is 0 Å². The number of benzene rings is 2. The van der Waals surface area contributed by atoms with Gasteiger partial charge >= 0.3 is 0 Å². The van der Waals surface area contributed by atoms with Crippen LogP contribution in [0.4, 0.5) is 0 Å². The summed E-state index contributed by atoms with van der Waals surface area (Å²) in [5.41, 5.74) is 1.88. The zero-order chi connectivity index (χ0) is 21.0. The molecule has 0 unspecified atom stereocenters. The fourth-order valence-electron chi connectivity index (χ4n) is 3.56. The van der Waals surface area contributed by atoms with E-state index in [-0.39, 0.29) is 11.3 Å². The third-order valence-electron chi connectivity index (χ3n) is 5.46. The van der Waals surface area contributed by atoms with Gasteiger partial charge in [0.1, 0.15) is 0 Å². The lowest BCUT2D eigenvalue weighted by Gasteiger charge is -2.22. The Labute approximate surface area is 177 Å². The van der Waals surface area contributed by atoms with Crippen molar-refractivity contribution < 1.29 is 4.79 Å². The Morgan fingerprint density at radius 1 is 0.931 bits per heavy atom. The Balaban J connectivity index is 2.03. The number of amides is 1. The smallest absolute Gasteiger partial charge is 0.253 e. The molecule has 3 aromatic rings. The minimum Gasteiger partial charge on any atom is -0.339 e. The molecule has 0 saturated carbocycles. The molecule has 3 nitrogen and oxygen atoms in total. The molecule has 29 heavy (non-hydrogen) atoms.